The maximum atomic E-state index is 12.2. The third kappa shape index (κ3) is 5.03. The first kappa shape index (κ1) is 17.4. The number of pyridine rings is 1. The number of carbonyl (C=O) groups is 1. The molecule has 1 heterocycles. The highest BCUT2D eigenvalue weighted by Gasteiger charge is 2.19. The summed E-state index contributed by atoms with van der Waals surface area (Å²) < 4.78 is 6.04. The molecule has 5 nitrogen and oxygen atoms in total. The van der Waals surface area contributed by atoms with E-state index in [0.29, 0.717) is 24.0 Å². The summed E-state index contributed by atoms with van der Waals surface area (Å²) in [7, 11) is 0. The van der Waals surface area contributed by atoms with Crippen LogP contribution in [0.25, 0.3) is 0 Å². The van der Waals surface area contributed by atoms with Gasteiger partial charge in [0.15, 0.2) is 0 Å². The molecule has 1 amide bonds. The molecule has 1 aromatic carbocycles. The summed E-state index contributed by atoms with van der Waals surface area (Å²) in [5.74, 6) is 0.483. The molecule has 1 fully saturated rings. The Balaban J connectivity index is 1.58. The van der Waals surface area contributed by atoms with Crippen LogP contribution in [-0.4, -0.2) is 17.0 Å². The van der Waals surface area contributed by atoms with Gasteiger partial charge in [0.2, 0.25) is 5.56 Å². The lowest BCUT2D eigenvalue weighted by Gasteiger charge is -2.26. The van der Waals surface area contributed by atoms with Crippen molar-refractivity contribution in [1.82, 2.24) is 4.98 Å². The number of aromatic nitrogens is 1. The monoisotopic (exact) mass is 340 g/mol. The van der Waals surface area contributed by atoms with Gasteiger partial charge in [-0.3, -0.25) is 9.59 Å². The van der Waals surface area contributed by atoms with Crippen LogP contribution in [0.3, 0.4) is 0 Å². The molecule has 5 heteroatoms. The molecule has 0 bridgehead atoms. The van der Waals surface area contributed by atoms with Crippen molar-refractivity contribution in [3.63, 3.8) is 0 Å². The van der Waals surface area contributed by atoms with E-state index in [2.05, 4.69) is 17.2 Å². The van der Waals surface area contributed by atoms with E-state index in [1.54, 1.807) is 0 Å². The fourth-order valence-corrected chi connectivity index (χ4v) is 3.24. The molecule has 0 aliphatic heterocycles. The number of anilines is 1. The molecule has 1 aromatic heterocycles. The van der Waals surface area contributed by atoms with E-state index >= 15 is 0 Å². The molecule has 1 aliphatic rings. The standard InChI is InChI=1S/C20H24N2O3/c1-14-4-2-7-18(10-14)25-13-15-5-3-6-17(11-15)22-20(24)16-8-9-19(23)21-12-16/h3,5-6,8-9,11-12,14,18H,2,4,7,10,13H2,1H3,(H,21,23)(H,22,24)/t14-,18-/m0/s1. The van der Waals surface area contributed by atoms with Crippen molar-refractivity contribution < 1.29 is 9.53 Å². The normalized spacial score (nSPS) is 20.2. The second kappa shape index (κ2) is 8.12. The summed E-state index contributed by atoms with van der Waals surface area (Å²) in [6.45, 7) is 2.84. The van der Waals surface area contributed by atoms with Gasteiger partial charge < -0.3 is 15.0 Å². The van der Waals surface area contributed by atoms with Crippen molar-refractivity contribution in [1.29, 1.82) is 0 Å². The van der Waals surface area contributed by atoms with Gasteiger partial charge in [-0.2, -0.15) is 0 Å². The fourth-order valence-electron chi connectivity index (χ4n) is 3.24. The van der Waals surface area contributed by atoms with Crippen molar-refractivity contribution in [2.75, 3.05) is 5.32 Å². The molecule has 2 N–H and O–H groups in total. The predicted octanol–water partition coefficient (Wildman–Crippen LogP) is 3.72. The van der Waals surface area contributed by atoms with Crippen LogP contribution in [0, 0.1) is 5.92 Å². The zero-order chi connectivity index (χ0) is 17.6. The highest BCUT2D eigenvalue weighted by atomic mass is 16.5. The van der Waals surface area contributed by atoms with Crippen LogP contribution in [0.15, 0.2) is 47.4 Å². The molecule has 1 aliphatic carbocycles. The minimum absolute atomic E-state index is 0.229. The lowest BCUT2D eigenvalue weighted by Crippen LogP contribution is -2.21. The number of benzene rings is 1. The number of rotatable bonds is 5. The summed E-state index contributed by atoms with van der Waals surface area (Å²) in [6, 6.07) is 10.5. The van der Waals surface area contributed by atoms with Gasteiger partial charge >= 0.3 is 0 Å². The van der Waals surface area contributed by atoms with Gasteiger partial charge in [-0.05, 0) is 42.5 Å². The number of H-pyrrole nitrogens is 1. The number of amides is 1. The first-order valence-corrected chi connectivity index (χ1v) is 8.81. The van der Waals surface area contributed by atoms with Crippen LogP contribution >= 0.6 is 0 Å². The first-order chi connectivity index (χ1) is 12.1. The highest BCUT2D eigenvalue weighted by Crippen LogP contribution is 2.26. The Bertz CT molecular complexity index is 764. The first-order valence-electron chi connectivity index (χ1n) is 8.81. The zero-order valence-electron chi connectivity index (χ0n) is 14.5. The Kier molecular flexibility index (Phi) is 5.66. The van der Waals surface area contributed by atoms with Crippen LogP contribution < -0.4 is 10.9 Å². The molecule has 0 unspecified atom stereocenters. The van der Waals surface area contributed by atoms with Crippen LogP contribution in [0.2, 0.25) is 0 Å². The van der Waals surface area contributed by atoms with Crippen molar-refractivity contribution in [2.24, 2.45) is 5.92 Å². The van der Waals surface area contributed by atoms with Crippen LogP contribution in [0.5, 0.6) is 0 Å². The Labute approximate surface area is 147 Å². The summed E-state index contributed by atoms with van der Waals surface area (Å²) in [5.41, 5.74) is 1.94. The van der Waals surface area contributed by atoms with E-state index in [1.165, 1.54) is 31.2 Å². The summed E-state index contributed by atoms with van der Waals surface area (Å²) in [4.78, 5) is 25.8. The van der Waals surface area contributed by atoms with Gasteiger partial charge in [0, 0.05) is 18.0 Å². The summed E-state index contributed by atoms with van der Waals surface area (Å²) >= 11 is 0. The molecule has 0 saturated heterocycles. The topological polar surface area (TPSA) is 71.2 Å². The zero-order valence-corrected chi connectivity index (χ0v) is 14.5. The lowest BCUT2D eigenvalue weighted by atomic mass is 9.89. The fraction of sp³-hybridized carbons (Fsp3) is 0.400. The van der Waals surface area contributed by atoms with Gasteiger partial charge in [0.1, 0.15) is 0 Å². The smallest absolute Gasteiger partial charge is 0.257 e. The average Bonchev–Trinajstić information content (AvgIpc) is 2.61. The quantitative estimate of drug-likeness (QED) is 0.871. The maximum absolute atomic E-state index is 12.2. The van der Waals surface area contributed by atoms with Crippen LogP contribution in [0.4, 0.5) is 5.69 Å². The summed E-state index contributed by atoms with van der Waals surface area (Å²) in [6.07, 6.45) is 6.54. The van der Waals surface area contributed by atoms with E-state index in [1.807, 2.05) is 24.3 Å². The third-order valence-corrected chi connectivity index (χ3v) is 4.61. The Hall–Kier alpha value is -2.40. The molecule has 2 aromatic rings. The lowest BCUT2D eigenvalue weighted by molar-refractivity contribution is 0.00468. The molecule has 2 atom stereocenters. The van der Waals surface area contributed by atoms with Crippen molar-refractivity contribution in [2.45, 2.75) is 45.3 Å². The second-order valence-electron chi connectivity index (χ2n) is 6.80. The predicted molar refractivity (Wildman–Crippen MR) is 97.7 cm³/mol. The van der Waals surface area contributed by atoms with Crippen molar-refractivity contribution >= 4 is 11.6 Å². The SMILES string of the molecule is C[C@H]1CCC[C@H](OCc2cccc(NC(=O)c3ccc(=O)[nH]c3)c2)C1. The molecule has 1 saturated carbocycles. The molecular formula is C20H24N2O3. The molecular weight excluding hydrogens is 316 g/mol. The van der Waals surface area contributed by atoms with Crippen LogP contribution in [0.1, 0.15) is 48.5 Å². The van der Waals surface area contributed by atoms with Crippen molar-refractivity contribution in [3.8, 4) is 0 Å². The van der Waals surface area contributed by atoms with E-state index in [4.69, 9.17) is 4.74 Å². The number of aromatic amines is 1. The van der Waals surface area contributed by atoms with Gasteiger partial charge in [-0.15, -0.1) is 0 Å². The third-order valence-electron chi connectivity index (χ3n) is 4.61. The van der Waals surface area contributed by atoms with Gasteiger partial charge in [0.25, 0.3) is 5.91 Å². The number of hydrogen-bond donors (Lipinski definition) is 2. The average molecular weight is 340 g/mol. The Morgan fingerprint density at radius 1 is 1.28 bits per heavy atom. The molecule has 3 rings (SSSR count). The minimum atomic E-state index is -0.254. The molecule has 0 radical (unpaired) electrons. The van der Waals surface area contributed by atoms with Gasteiger partial charge in [-0.25, -0.2) is 0 Å². The maximum Gasteiger partial charge on any atom is 0.257 e. The second-order valence-corrected chi connectivity index (χ2v) is 6.80. The number of nitrogens with one attached hydrogen (secondary N) is 2. The highest BCUT2D eigenvalue weighted by molar-refractivity contribution is 6.04. The van der Waals surface area contributed by atoms with E-state index < -0.39 is 0 Å². The molecule has 25 heavy (non-hydrogen) atoms. The minimum Gasteiger partial charge on any atom is -0.374 e. The van der Waals surface area contributed by atoms with E-state index in [9.17, 15) is 9.59 Å². The Morgan fingerprint density at radius 3 is 2.92 bits per heavy atom. The van der Waals surface area contributed by atoms with E-state index in [-0.39, 0.29) is 11.5 Å². The number of ether oxygens (including phenoxy) is 1. The van der Waals surface area contributed by atoms with Crippen LogP contribution in [-0.2, 0) is 11.3 Å². The van der Waals surface area contributed by atoms with Gasteiger partial charge in [-0.1, -0.05) is 31.9 Å². The molecule has 132 valence electrons. The molecule has 0 spiro atoms. The largest absolute Gasteiger partial charge is 0.374 e. The summed E-state index contributed by atoms with van der Waals surface area (Å²) in [5, 5.41) is 2.85. The van der Waals surface area contributed by atoms with Gasteiger partial charge in [0.05, 0.1) is 18.3 Å². The number of hydrogen-bond acceptors (Lipinski definition) is 3. The van der Waals surface area contributed by atoms with E-state index in [0.717, 1.165) is 24.3 Å². The van der Waals surface area contributed by atoms with Crippen molar-refractivity contribution in [3.05, 3.63) is 64.1 Å². The number of carbonyl (C=O) groups excluding carboxylic acids is 1. The Morgan fingerprint density at radius 2 is 2.16 bits per heavy atom.